The van der Waals surface area contributed by atoms with Crippen LogP contribution in [0.25, 0.3) is 0 Å². The molecule has 0 fully saturated rings. The van der Waals surface area contributed by atoms with Crippen molar-refractivity contribution in [2.75, 3.05) is 7.11 Å². The fourth-order valence-corrected chi connectivity index (χ4v) is 3.80. The summed E-state index contributed by atoms with van der Waals surface area (Å²) in [5.41, 5.74) is -2.90. The maximum Gasteiger partial charge on any atom is 0.424 e. The highest BCUT2D eigenvalue weighted by Gasteiger charge is 2.60. The maximum absolute atomic E-state index is 13.9. The lowest BCUT2D eigenvalue weighted by molar-refractivity contribution is -0.256. The Bertz CT molecular complexity index is 914. The lowest BCUT2D eigenvalue weighted by Crippen LogP contribution is -2.55. The molecule has 164 valence electrons. The first-order chi connectivity index (χ1) is 13.7. The number of carbonyl (C=O) groups is 1. The van der Waals surface area contributed by atoms with Crippen molar-refractivity contribution in [1.29, 1.82) is 0 Å². The van der Waals surface area contributed by atoms with Gasteiger partial charge in [-0.1, -0.05) is 43.2 Å². The number of ketones is 1. The summed E-state index contributed by atoms with van der Waals surface area (Å²) in [6.07, 6.45) is -6.76. The molecule has 0 bridgehead atoms. The van der Waals surface area contributed by atoms with E-state index >= 15 is 0 Å². The quantitative estimate of drug-likeness (QED) is 0.617. The van der Waals surface area contributed by atoms with Crippen molar-refractivity contribution in [1.82, 2.24) is 0 Å². The number of benzene rings is 2. The van der Waals surface area contributed by atoms with Crippen molar-refractivity contribution in [3.63, 3.8) is 0 Å². The second-order valence-corrected chi connectivity index (χ2v) is 8.36. The van der Waals surface area contributed by atoms with Crippen LogP contribution < -0.4 is 4.74 Å². The highest BCUT2D eigenvalue weighted by molar-refractivity contribution is 5.90. The van der Waals surface area contributed by atoms with Crippen molar-refractivity contribution in [2.45, 2.75) is 57.7 Å². The molecule has 7 heteroatoms. The fourth-order valence-electron chi connectivity index (χ4n) is 3.80. The van der Waals surface area contributed by atoms with Gasteiger partial charge in [0.15, 0.2) is 5.78 Å². The average molecular weight is 426 g/mol. The molecule has 0 aliphatic rings. The number of halogens is 4. The Kier molecular flexibility index (Phi) is 6.66. The summed E-state index contributed by atoms with van der Waals surface area (Å²) >= 11 is 0. The van der Waals surface area contributed by atoms with E-state index in [1.807, 2.05) is 6.07 Å². The SMILES string of the molecule is COc1ccc(F)cc1C(C)(C)CC(O)(C(=O)Cc1cc(C)cc(C)c1)C(F)(F)F. The summed E-state index contributed by atoms with van der Waals surface area (Å²) in [6.45, 7) is 6.36. The van der Waals surface area contributed by atoms with E-state index in [4.69, 9.17) is 4.74 Å². The molecule has 1 N–H and O–H groups in total. The number of aliphatic hydroxyl groups is 1. The van der Waals surface area contributed by atoms with Gasteiger partial charge in [-0.15, -0.1) is 0 Å². The summed E-state index contributed by atoms with van der Waals surface area (Å²) in [5.74, 6) is -1.84. The van der Waals surface area contributed by atoms with E-state index in [1.165, 1.54) is 27.0 Å². The van der Waals surface area contributed by atoms with E-state index in [-0.39, 0.29) is 11.3 Å². The summed E-state index contributed by atoms with van der Waals surface area (Å²) < 4.78 is 60.8. The Morgan fingerprint density at radius 2 is 1.60 bits per heavy atom. The number of Topliss-reactive ketones (excluding diaryl/α,β-unsaturated/α-hetero) is 1. The normalized spacial score (nSPS) is 14.3. The predicted octanol–water partition coefficient (Wildman–Crippen LogP) is 5.22. The van der Waals surface area contributed by atoms with Gasteiger partial charge in [0.25, 0.3) is 0 Å². The van der Waals surface area contributed by atoms with Gasteiger partial charge in [-0.2, -0.15) is 13.2 Å². The van der Waals surface area contributed by atoms with Crippen LogP contribution in [0.2, 0.25) is 0 Å². The number of aryl methyl sites for hydroxylation is 2. The Hall–Kier alpha value is -2.41. The number of methoxy groups -OCH3 is 1. The van der Waals surface area contributed by atoms with Crippen LogP contribution in [-0.4, -0.2) is 29.8 Å². The van der Waals surface area contributed by atoms with Crippen LogP contribution in [-0.2, 0) is 16.6 Å². The fraction of sp³-hybridized carbons (Fsp3) is 0.435. The number of rotatable bonds is 7. The molecule has 0 saturated carbocycles. The van der Waals surface area contributed by atoms with Crippen LogP contribution in [0, 0.1) is 19.7 Å². The van der Waals surface area contributed by atoms with Gasteiger partial charge < -0.3 is 9.84 Å². The summed E-state index contributed by atoms with van der Waals surface area (Å²) in [4.78, 5) is 12.8. The molecule has 0 heterocycles. The average Bonchev–Trinajstić information content (AvgIpc) is 2.59. The van der Waals surface area contributed by atoms with Gasteiger partial charge in [-0.3, -0.25) is 4.79 Å². The second-order valence-electron chi connectivity index (χ2n) is 8.36. The van der Waals surface area contributed by atoms with E-state index in [1.54, 1.807) is 26.0 Å². The molecule has 0 aromatic heterocycles. The first-order valence-electron chi connectivity index (χ1n) is 9.43. The van der Waals surface area contributed by atoms with Gasteiger partial charge in [0.2, 0.25) is 5.60 Å². The molecule has 0 aliphatic heterocycles. The Morgan fingerprint density at radius 3 is 2.10 bits per heavy atom. The molecule has 0 saturated heterocycles. The van der Waals surface area contributed by atoms with Crippen LogP contribution in [0.3, 0.4) is 0 Å². The molecule has 2 aromatic carbocycles. The molecule has 1 unspecified atom stereocenters. The minimum Gasteiger partial charge on any atom is -0.496 e. The van der Waals surface area contributed by atoms with E-state index in [2.05, 4.69) is 0 Å². The molecule has 3 nitrogen and oxygen atoms in total. The van der Waals surface area contributed by atoms with Crippen molar-refractivity contribution in [2.24, 2.45) is 0 Å². The lowest BCUT2D eigenvalue weighted by atomic mass is 9.72. The van der Waals surface area contributed by atoms with Crippen molar-refractivity contribution >= 4 is 5.78 Å². The molecule has 2 aromatic rings. The molecule has 0 spiro atoms. The van der Waals surface area contributed by atoms with Gasteiger partial charge in [-0.25, -0.2) is 4.39 Å². The van der Waals surface area contributed by atoms with Gasteiger partial charge in [0.05, 0.1) is 7.11 Å². The predicted molar refractivity (Wildman–Crippen MR) is 106 cm³/mol. The number of hydrogen-bond donors (Lipinski definition) is 1. The second kappa shape index (κ2) is 8.38. The van der Waals surface area contributed by atoms with Gasteiger partial charge >= 0.3 is 6.18 Å². The summed E-state index contributed by atoms with van der Waals surface area (Å²) in [6, 6.07) is 8.55. The highest BCUT2D eigenvalue weighted by atomic mass is 19.4. The molecule has 0 aliphatic carbocycles. The van der Waals surface area contributed by atoms with Crippen LogP contribution in [0.5, 0.6) is 5.75 Å². The van der Waals surface area contributed by atoms with Crippen molar-refractivity contribution < 1.29 is 32.2 Å². The number of alkyl halides is 3. The van der Waals surface area contributed by atoms with Crippen LogP contribution in [0.15, 0.2) is 36.4 Å². The van der Waals surface area contributed by atoms with Crippen LogP contribution >= 0.6 is 0 Å². The third kappa shape index (κ3) is 5.01. The Morgan fingerprint density at radius 1 is 1.03 bits per heavy atom. The third-order valence-corrected chi connectivity index (χ3v) is 5.16. The Labute approximate surface area is 173 Å². The van der Waals surface area contributed by atoms with E-state index in [9.17, 15) is 27.5 Å². The smallest absolute Gasteiger partial charge is 0.424 e. The number of hydrogen-bond acceptors (Lipinski definition) is 3. The zero-order valence-electron chi connectivity index (χ0n) is 17.7. The highest BCUT2D eigenvalue weighted by Crippen LogP contribution is 2.44. The monoisotopic (exact) mass is 426 g/mol. The van der Waals surface area contributed by atoms with Gasteiger partial charge in [-0.05, 0) is 43.0 Å². The maximum atomic E-state index is 13.9. The van der Waals surface area contributed by atoms with E-state index in [0.29, 0.717) is 5.56 Å². The van der Waals surface area contributed by atoms with Gasteiger partial charge in [0, 0.05) is 18.4 Å². The number of carbonyl (C=O) groups excluding carboxylic acids is 1. The van der Waals surface area contributed by atoms with E-state index < -0.39 is 41.6 Å². The van der Waals surface area contributed by atoms with Crippen LogP contribution in [0.1, 0.15) is 42.5 Å². The van der Waals surface area contributed by atoms with Crippen LogP contribution in [0.4, 0.5) is 17.6 Å². The largest absolute Gasteiger partial charge is 0.496 e. The molecular formula is C23H26F4O3. The minimum absolute atomic E-state index is 0.131. The standard InChI is InChI=1S/C23H26F4O3/c1-14-8-15(2)10-16(9-14)11-20(28)22(29,23(25,26)27)13-21(3,4)18-12-17(24)6-7-19(18)30-5/h6-10,12,29H,11,13H2,1-5H3. The zero-order chi connectivity index (χ0) is 22.9. The summed E-state index contributed by atoms with van der Waals surface area (Å²) in [5, 5.41) is 10.6. The first-order valence-corrected chi connectivity index (χ1v) is 9.43. The number of ether oxygens (including phenoxy) is 1. The molecule has 30 heavy (non-hydrogen) atoms. The van der Waals surface area contributed by atoms with E-state index in [0.717, 1.165) is 23.3 Å². The van der Waals surface area contributed by atoms with Crippen molar-refractivity contribution in [3.05, 3.63) is 64.5 Å². The van der Waals surface area contributed by atoms with Gasteiger partial charge in [0.1, 0.15) is 11.6 Å². The van der Waals surface area contributed by atoms with Crippen molar-refractivity contribution in [3.8, 4) is 5.75 Å². The topological polar surface area (TPSA) is 46.5 Å². The first kappa shape index (κ1) is 23.9. The molecule has 0 amide bonds. The summed E-state index contributed by atoms with van der Waals surface area (Å²) in [7, 11) is 1.31. The minimum atomic E-state index is -5.21. The zero-order valence-corrected chi connectivity index (χ0v) is 17.7. The molecular weight excluding hydrogens is 400 g/mol. The molecule has 0 radical (unpaired) electrons. The molecule has 2 rings (SSSR count). The Balaban J connectivity index is 2.46. The third-order valence-electron chi connectivity index (χ3n) is 5.16. The molecule has 1 atom stereocenters. The lowest BCUT2D eigenvalue weighted by Gasteiger charge is -2.37.